The third kappa shape index (κ3) is 31.5. The zero-order chi connectivity index (χ0) is 83.7. The SMILES string of the molecule is CC(C)(C)OC(=O)N1CCC(Oc2cccc(N)c2)CC1.CN1CCC(Oc2cc(N)ccn2)CC1.CN1CCC(Oc2ccc(N)cc2)CC1.NC1CCN(c2ccc(F)cc2)CC1.Nc1ccc(CN2CCOCC2)cc1.Nc1ccc(OC(F)F)cc1.O=C(O)c1[nH]nc2c(F)cccc12.O=C(O)c1c[nH]c2c(Cl)cccc12. The first-order valence-corrected chi connectivity index (χ1v) is 38.7. The lowest BCUT2D eigenvalue weighted by molar-refractivity contribution is -0.0498. The summed E-state index contributed by atoms with van der Waals surface area (Å²) in [7, 11) is 4.29. The number of fused-ring (bicyclic) bond motifs is 2. The number of piperidine rings is 4. The van der Waals surface area contributed by atoms with Crippen molar-refractivity contribution in [3.05, 3.63) is 216 Å². The zero-order valence-corrected chi connectivity index (χ0v) is 66.9. The average Bonchev–Trinajstić information content (AvgIpc) is 1.68. The number of ether oxygens (including phenoxy) is 6. The van der Waals surface area contributed by atoms with Gasteiger partial charge in [0.25, 0.3) is 0 Å². The summed E-state index contributed by atoms with van der Waals surface area (Å²) in [5, 5.41) is 24.7. The molecule has 624 valence electrons. The van der Waals surface area contributed by atoms with E-state index in [9.17, 15) is 31.9 Å². The number of pyridine rings is 1. The summed E-state index contributed by atoms with van der Waals surface area (Å²) in [4.78, 5) is 51.3. The summed E-state index contributed by atoms with van der Waals surface area (Å²) in [5.74, 6) is -0.325. The number of nitrogens with zero attached hydrogens (tertiary/aromatic N) is 7. The summed E-state index contributed by atoms with van der Waals surface area (Å²) in [6.07, 6.45) is 11.6. The number of carbonyl (C=O) groups excluding carboxylic acids is 1. The first-order valence-electron chi connectivity index (χ1n) is 38.3. The average molecular weight is 1630 g/mol. The number of morpholine rings is 1. The molecule has 0 bridgehead atoms. The molecule has 1 amide bonds. The topological polar surface area (TPSA) is 377 Å². The molecule has 0 saturated carbocycles. The number of benzene rings is 7. The lowest BCUT2D eigenvalue weighted by Gasteiger charge is -2.33. The number of carbonyl (C=O) groups is 3. The van der Waals surface area contributed by atoms with Crippen molar-refractivity contribution in [3.8, 4) is 23.1 Å². The van der Waals surface area contributed by atoms with Gasteiger partial charge in [-0.05, 0) is 194 Å². The maximum absolute atomic E-state index is 13.0. The lowest BCUT2D eigenvalue weighted by Crippen LogP contribution is -2.44. The summed E-state index contributed by atoms with van der Waals surface area (Å²) < 4.78 is 81.1. The lowest BCUT2D eigenvalue weighted by atomic mass is 10.1. The van der Waals surface area contributed by atoms with Crippen molar-refractivity contribution >= 4 is 85.6 Å². The Labute approximate surface area is 678 Å². The monoisotopic (exact) mass is 1630 g/mol. The Morgan fingerprint density at radius 1 is 0.586 bits per heavy atom. The molecule has 8 heterocycles. The second-order valence-corrected chi connectivity index (χ2v) is 29.6. The van der Waals surface area contributed by atoms with E-state index in [1.165, 1.54) is 66.4 Å². The molecule has 0 atom stereocenters. The Morgan fingerprint density at radius 3 is 1.66 bits per heavy atom. The molecule has 7 aromatic carbocycles. The van der Waals surface area contributed by atoms with Gasteiger partial charge in [-0.25, -0.2) is 28.1 Å². The number of nitrogen functional groups attached to an aromatic ring is 5. The number of aromatic carboxylic acids is 2. The number of hydrogen-bond donors (Lipinski definition) is 10. The molecule has 5 aliphatic heterocycles. The highest BCUT2D eigenvalue weighted by molar-refractivity contribution is 6.35. The van der Waals surface area contributed by atoms with Gasteiger partial charge >= 0.3 is 24.6 Å². The standard InChI is InChI=1S/C16H24N2O3.C12H18N2O.C11H15FN2.C11H17N3O.C11H16N2O.C9H6ClNO2.C8H5FN2O2.C7H7F2NO/c1-16(2,3)21-15(19)18-9-7-13(8-10-18)20-14-6-4-5-12(17)11-14;1-14-8-6-12(7-9-14)15-11-4-2-10(13)3-5-11;12-9-1-3-11(4-2-9)14-7-5-10(13)6-8-14;1-14-6-3-10(4-7-14)15-11-8-9(12)2-5-13-11;12-11-3-1-10(2-4-11)9-13-5-7-14-8-6-13;10-7-3-1-2-5-6(9(12)13)4-11-8(5)7;9-5-3-1-2-4-6(5)10-11-7(4)8(12)13;8-7(9)11-6-3-1-5(10)2-4-6/h4-6,11,13H,7-10,17H2,1-3H3;2-5,12H,6-9,13H2,1H3;1-4,10H,5-8,13H2;2,5,8,10H,3-4,6-7H2,1H3,(H2,12,13);1-4H,5-9,12H2;1-4,11H,(H,12,13);1-3H,(H,10,11)(H,12,13);1-4,7H,10H2. The van der Waals surface area contributed by atoms with Gasteiger partial charge in [-0.15, -0.1) is 0 Å². The number of para-hydroxylation sites is 2. The molecular weight excluding hydrogens is 1520 g/mol. The quantitative estimate of drug-likeness (QED) is 0.0378. The number of nitrogens with one attached hydrogen (secondary N) is 2. The Kier molecular flexibility index (Phi) is 35.6. The van der Waals surface area contributed by atoms with Crippen molar-refractivity contribution in [2.75, 3.05) is 126 Å². The Bertz CT molecular complexity index is 4500. The second-order valence-electron chi connectivity index (χ2n) is 29.2. The number of hydrogen-bond acceptors (Lipinski definition) is 21. The van der Waals surface area contributed by atoms with Crippen molar-refractivity contribution < 1.29 is 70.6 Å². The van der Waals surface area contributed by atoms with Gasteiger partial charge in [0.05, 0.1) is 29.3 Å². The molecule has 26 nitrogen and oxygen atoms in total. The van der Waals surface area contributed by atoms with Crippen LogP contribution in [0.1, 0.15) is 98.5 Å². The van der Waals surface area contributed by atoms with E-state index >= 15 is 0 Å². The molecule has 0 radical (unpaired) electrons. The largest absolute Gasteiger partial charge is 0.490 e. The van der Waals surface area contributed by atoms with E-state index in [4.69, 9.17) is 79.9 Å². The van der Waals surface area contributed by atoms with Crippen LogP contribution in [-0.2, 0) is 16.0 Å². The fourth-order valence-electron chi connectivity index (χ4n) is 12.4. The van der Waals surface area contributed by atoms with Gasteiger partial charge in [0.2, 0.25) is 5.88 Å². The highest BCUT2D eigenvalue weighted by Gasteiger charge is 2.28. The highest BCUT2D eigenvalue weighted by atomic mass is 35.5. The van der Waals surface area contributed by atoms with Crippen LogP contribution < -0.4 is 58.2 Å². The maximum Gasteiger partial charge on any atom is 0.410 e. The van der Waals surface area contributed by atoms with Crippen LogP contribution >= 0.6 is 11.6 Å². The van der Waals surface area contributed by atoms with Gasteiger partial charge < -0.3 is 97.6 Å². The van der Waals surface area contributed by atoms with Crippen molar-refractivity contribution in [1.82, 2.24) is 39.8 Å². The van der Waals surface area contributed by atoms with Gasteiger partial charge in [-0.3, -0.25) is 10.00 Å². The number of aromatic nitrogens is 4. The zero-order valence-electron chi connectivity index (χ0n) is 66.1. The van der Waals surface area contributed by atoms with Crippen LogP contribution in [0.5, 0.6) is 23.1 Å². The van der Waals surface area contributed by atoms with Gasteiger partial charge in [0, 0.05) is 160 Å². The molecule has 10 aromatic rings. The van der Waals surface area contributed by atoms with E-state index < -0.39 is 30.0 Å². The molecule has 31 heteroatoms. The summed E-state index contributed by atoms with van der Waals surface area (Å²) in [5.41, 5.74) is 40.1. The molecule has 16 N–H and O–H groups in total. The minimum absolute atomic E-state index is 0.0555. The van der Waals surface area contributed by atoms with Crippen molar-refractivity contribution in [2.24, 2.45) is 5.73 Å². The maximum atomic E-state index is 13.0. The van der Waals surface area contributed by atoms with Crippen LogP contribution in [-0.4, -0.2) is 197 Å². The van der Waals surface area contributed by atoms with Crippen molar-refractivity contribution in [2.45, 2.75) is 115 Å². The number of rotatable bonds is 13. The molecule has 5 fully saturated rings. The van der Waals surface area contributed by atoms with Crippen LogP contribution in [0.3, 0.4) is 0 Å². The number of H-pyrrole nitrogens is 2. The summed E-state index contributed by atoms with van der Waals surface area (Å²) in [6, 6.07) is 48.8. The number of carboxylic acids is 2. The molecule has 5 saturated heterocycles. The van der Waals surface area contributed by atoms with E-state index in [1.807, 2.05) is 93.6 Å². The van der Waals surface area contributed by atoms with E-state index in [-0.39, 0.29) is 52.0 Å². The number of likely N-dealkylation sites (tertiary alicyclic amines) is 3. The minimum Gasteiger partial charge on any atom is -0.490 e. The molecule has 116 heavy (non-hydrogen) atoms. The van der Waals surface area contributed by atoms with Gasteiger partial charge in [-0.2, -0.15) is 13.9 Å². The normalized spacial score (nSPS) is 15.7. The van der Waals surface area contributed by atoms with Crippen LogP contribution in [0.4, 0.5) is 56.5 Å². The van der Waals surface area contributed by atoms with Gasteiger partial charge in [0.1, 0.15) is 52.5 Å². The van der Waals surface area contributed by atoms with Crippen LogP contribution in [0, 0.1) is 11.6 Å². The number of alkyl halides is 2. The second kappa shape index (κ2) is 45.7. The van der Waals surface area contributed by atoms with Gasteiger partial charge in [0.15, 0.2) is 11.5 Å². The van der Waals surface area contributed by atoms with E-state index in [0.717, 1.165) is 152 Å². The van der Waals surface area contributed by atoms with E-state index in [2.05, 4.69) is 70.7 Å². The first kappa shape index (κ1) is 90.3. The minimum atomic E-state index is -2.78. The molecular formula is C85H108ClF4N15O11. The smallest absolute Gasteiger partial charge is 0.410 e. The summed E-state index contributed by atoms with van der Waals surface area (Å²) >= 11 is 5.85. The predicted octanol–water partition coefficient (Wildman–Crippen LogP) is 14.6. The van der Waals surface area contributed by atoms with Crippen molar-refractivity contribution in [1.29, 1.82) is 0 Å². The number of halogens is 5. The number of amides is 1. The van der Waals surface area contributed by atoms with E-state index in [1.54, 1.807) is 41.4 Å². The van der Waals surface area contributed by atoms with Crippen LogP contribution in [0.2, 0.25) is 5.02 Å². The molecule has 5 aliphatic rings. The highest BCUT2D eigenvalue weighted by Crippen LogP contribution is 2.28. The fraction of sp³-hybridized carbons (Fsp3) is 0.376. The molecule has 0 spiro atoms. The Balaban J connectivity index is 0.000000167. The first-order chi connectivity index (χ1) is 55.5. The number of aromatic amines is 2. The molecule has 15 rings (SSSR count). The van der Waals surface area contributed by atoms with Gasteiger partial charge in [-0.1, -0.05) is 54.1 Å². The summed E-state index contributed by atoms with van der Waals surface area (Å²) in [6.45, 7) is 15.3. The third-order valence-corrected chi connectivity index (χ3v) is 19.1. The number of nitrogens with two attached hydrogens (primary N) is 6. The Morgan fingerprint density at radius 2 is 1.11 bits per heavy atom. The molecule has 3 aromatic heterocycles. The van der Waals surface area contributed by atoms with E-state index in [0.29, 0.717) is 64.1 Å². The molecule has 0 aliphatic carbocycles. The predicted molar refractivity (Wildman–Crippen MR) is 448 cm³/mol. The third-order valence-electron chi connectivity index (χ3n) is 18.8. The van der Waals surface area contributed by atoms with Crippen molar-refractivity contribution in [3.63, 3.8) is 0 Å². The van der Waals surface area contributed by atoms with Crippen LogP contribution in [0.25, 0.3) is 21.8 Å². The molecule has 0 unspecified atom stereocenters. The number of carboxylic acid groups (broad SMARTS) is 2. The number of anilines is 6. The fourth-order valence-corrected chi connectivity index (χ4v) is 12.7. The van der Waals surface area contributed by atoms with Crippen LogP contribution in [0.15, 0.2) is 182 Å². The Hall–Kier alpha value is -11.3.